The van der Waals surface area contributed by atoms with Gasteiger partial charge < -0.3 is 14.2 Å². The number of hydrogen-bond acceptors (Lipinski definition) is 4. The highest BCUT2D eigenvalue weighted by Crippen LogP contribution is 2.40. The third-order valence-corrected chi connectivity index (χ3v) is 4.86. The predicted molar refractivity (Wildman–Crippen MR) is 102 cm³/mol. The van der Waals surface area contributed by atoms with Gasteiger partial charge in [-0.1, -0.05) is 18.2 Å². The van der Waals surface area contributed by atoms with E-state index in [1.165, 1.54) is 24.3 Å². The Hall–Kier alpha value is -2.61. The lowest BCUT2D eigenvalue weighted by Crippen LogP contribution is -2.32. The lowest BCUT2D eigenvalue weighted by Gasteiger charge is -2.26. The molecule has 8 heteroatoms. The second kappa shape index (κ2) is 9.04. The minimum absolute atomic E-state index is 0.0157. The maximum atomic E-state index is 14.9. The molecule has 1 saturated heterocycles. The van der Waals surface area contributed by atoms with Crippen molar-refractivity contribution in [3.05, 3.63) is 53.3 Å². The molecular weight excluding hydrogens is 404 g/mol. The molecule has 0 spiro atoms. The largest absolute Gasteiger partial charge is 0.494 e. The fourth-order valence-corrected chi connectivity index (χ4v) is 3.32. The van der Waals surface area contributed by atoms with Crippen LogP contribution in [0.25, 0.3) is 11.1 Å². The molecule has 162 valence electrons. The Kier molecular flexibility index (Phi) is 6.65. The van der Waals surface area contributed by atoms with E-state index in [1.807, 2.05) is 6.92 Å². The maximum Gasteiger partial charge on any atom is 0.419 e. The van der Waals surface area contributed by atoms with Gasteiger partial charge >= 0.3 is 12.1 Å². The molecule has 0 aromatic heterocycles. The number of esters is 1. The van der Waals surface area contributed by atoms with Crippen LogP contribution in [-0.4, -0.2) is 31.4 Å². The third kappa shape index (κ3) is 4.92. The fraction of sp³-hybridized carbons (Fsp3) is 0.409. The minimum atomic E-state index is -5.00. The van der Waals surface area contributed by atoms with Crippen LogP contribution in [0, 0.1) is 5.82 Å². The number of rotatable bonds is 5. The summed E-state index contributed by atoms with van der Waals surface area (Å²) in [6, 6.07) is 7.93. The van der Waals surface area contributed by atoms with E-state index in [0.29, 0.717) is 25.2 Å². The Labute approximate surface area is 171 Å². The average molecular weight is 426 g/mol. The van der Waals surface area contributed by atoms with Crippen LogP contribution in [0.5, 0.6) is 5.75 Å². The molecule has 1 aliphatic heterocycles. The number of benzene rings is 2. The zero-order valence-electron chi connectivity index (χ0n) is 16.6. The molecule has 1 heterocycles. The van der Waals surface area contributed by atoms with E-state index >= 15 is 0 Å². The lowest BCUT2D eigenvalue weighted by molar-refractivity contribution is -0.139. The highest BCUT2D eigenvalue weighted by molar-refractivity contribution is 5.91. The van der Waals surface area contributed by atoms with E-state index in [0.717, 1.165) is 12.1 Å². The molecule has 1 aliphatic rings. The summed E-state index contributed by atoms with van der Waals surface area (Å²) in [5.74, 6) is -2.30. The number of ether oxygens (including phenoxy) is 3. The van der Waals surface area contributed by atoms with Crippen LogP contribution >= 0.6 is 0 Å². The van der Waals surface area contributed by atoms with Gasteiger partial charge in [0, 0.05) is 0 Å². The highest BCUT2D eigenvalue weighted by Gasteiger charge is 2.39. The van der Waals surface area contributed by atoms with Gasteiger partial charge in [0.05, 0.1) is 30.4 Å². The van der Waals surface area contributed by atoms with Crippen LogP contribution in [-0.2, 0) is 15.7 Å². The first-order valence-corrected chi connectivity index (χ1v) is 9.66. The first kappa shape index (κ1) is 22.1. The predicted octanol–water partition coefficient (Wildman–Crippen LogP) is 5.63. The smallest absolute Gasteiger partial charge is 0.419 e. The van der Waals surface area contributed by atoms with Crippen LogP contribution in [0.2, 0.25) is 0 Å². The van der Waals surface area contributed by atoms with Gasteiger partial charge in [-0.3, -0.25) is 0 Å². The molecule has 0 aliphatic carbocycles. The Morgan fingerprint density at radius 2 is 1.83 bits per heavy atom. The molecule has 30 heavy (non-hydrogen) atoms. The normalized spacial score (nSPS) is 19.4. The molecule has 0 amide bonds. The van der Waals surface area contributed by atoms with Gasteiger partial charge in [-0.15, -0.1) is 0 Å². The number of carbonyl (C=O) groups is 1. The van der Waals surface area contributed by atoms with E-state index in [-0.39, 0.29) is 23.8 Å². The van der Waals surface area contributed by atoms with E-state index in [2.05, 4.69) is 0 Å². The Morgan fingerprint density at radius 1 is 1.13 bits per heavy atom. The molecule has 0 bridgehead atoms. The molecule has 2 unspecified atom stereocenters. The number of halogens is 4. The summed E-state index contributed by atoms with van der Waals surface area (Å²) in [6.45, 7) is 4.18. The van der Waals surface area contributed by atoms with Crippen molar-refractivity contribution in [1.29, 1.82) is 0 Å². The van der Waals surface area contributed by atoms with Crippen molar-refractivity contribution in [1.82, 2.24) is 0 Å². The van der Waals surface area contributed by atoms with Crippen molar-refractivity contribution < 1.29 is 36.6 Å². The first-order valence-electron chi connectivity index (χ1n) is 9.66. The summed E-state index contributed by atoms with van der Waals surface area (Å²) in [5, 5.41) is 0. The Morgan fingerprint density at radius 3 is 2.40 bits per heavy atom. The Balaban J connectivity index is 1.93. The van der Waals surface area contributed by atoms with Crippen LogP contribution in [0.3, 0.4) is 0 Å². The molecule has 0 N–H and O–H groups in total. The highest BCUT2D eigenvalue weighted by atomic mass is 19.4. The summed E-state index contributed by atoms with van der Waals surface area (Å²) in [5.41, 5.74) is -2.47. The molecule has 0 radical (unpaired) electrons. The van der Waals surface area contributed by atoms with Crippen molar-refractivity contribution >= 4 is 5.97 Å². The standard InChI is InChI=1S/C22H22F4O4/c1-3-28-15-8-5-14(6-9-15)17-10-11-18(20(23)19(17)22(24,25)26)21(27)30-16-7-4-13(2)29-12-16/h5-6,8-11,13,16H,3-4,7,12H2,1-2H3. The van der Waals surface area contributed by atoms with Crippen molar-refractivity contribution in [3.8, 4) is 16.9 Å². The van der Waals surface area contributed by atoms with E-state index in [1.54, 1.807) is 6.92 Å². The third-order valence-electron chi connectivity index (χ3n) is 4.86. The molecule has 2 aromatic carbocycles. The van der Waals surface area contributed by atoms with Crippen molar-refractivity contribution in [2.24, 2.45) is 0 Å². The molecule has 2 aromatic rings. The zero-order valence-corrected chi connectivity index (χ0v) is 16.6. The molecule has 2 atom stereocenters. The summed E-state index contributed by atoms with van der Waals surface area (Å²) in [6.07, 6.45) is -4.46. The van der Waals surface area contributed by atoms with Gasteiger partial charge in [0.25, 0.3) is 0 Å². The molecular formula is C22H22F4O4. The zero-order chi connectivity index (χ0) is 21.9. The number of carbonyl (C=O) groups excluding carboxylic acids is 1. The second-order valence-electron chi connectivity index (χ2n) is 7.05. The summed E-state index contributed by atoms with van der Waals surface area (Å²) < 4.78 is 71.8. The van der Waals surface area contributed by atoms with Crippen LogP contribution < -0.4 is 4.74 Å². The van der Waals surface area contributed by atoms with E-state index < -0.39 is 35.2 Å². The molecule has 1 fully saturated rings. The van der Waals surface area contributed by atoms with E-state index in [9.17, 15) is 22.4 Å². The van der Waals surface area contributed by atoms with E-state index in [4.69, 9.17) is 14.2 Å². The van der Waals surface area contributed by atoms with Gasteiger partial charge in [0.2, 0.25) is 0 Å². The number of hydrogen-bond donors (Lipinski definition) is 0. The van der Waals surface area contributed by atoms with Gasteiger partial charge in [-0.25, -0.2) is 9.18 Å². The first-order chi connectivity index (χ1) is 14.2. The van der Waals surface area contributed by atoms with Crippen LogP contribution in [0.4, 0.5) is 17.6 Å². The summed E-state index contributed by atoms with van der Waals surface area (Å²) in [4.78, 5) is 12.4. The van der Waals surface area contributed by atoms with Crippen molar-refractivity contribution in [2.75, 3.05) is 13.2 Å². The van der Waals surface area contributed by atoms with Gasteiger partial charge in [-0.2, -0.15) is 13.2 Å². The van der Waals surface area contributed by atoms with Crippen molar-refractivity contribution in [2.45, 2.75) is 45.1 Å². The van der Waals surface area contributed by atoms with Gasteiger partial charge in [0.15, 0.2) is 5.82 Å². The van der Waals surface area contributed by atoms with Crippen molar-refractivity contribution in [3.63, 3.8) is 0 Å². The van der Waals surface area contributed by atoms with Gasteiger partial charge in [-0.05, 0) is 56.0 Å². The number of alkyl halides is 3. The van der Waals surface area contributed by atoms with Crippen LogP contribution in [0.1, 0.15) is 42.6 Å². The fourth-order valence-electron chi connectivity index (χ4n) is 3.32. The molecule has 4 nitrogen and oxygen atoms in total. The second-order valence-corrected chi connectivity index (χ2v) is 7.05. The Bertz CT molecular complexity index is 885. The monoisotopic (exact) mass is 426 g/mol. The minimum Gasteiger partial charge on any atom is -0.494 e. The molecule has 3 rings (SSSR count). The lowest BCUT2D eigenvalue weighted by atomic mass is 9.96. The van der Waals surface area contributed by atoms with Gasteiger partial charge in [0.1, 0.15) is 11.9 Å². The SMILES string of the molecule is CCOc1ccc(-c2ccc(C(=O)OC3CCC(C)OC3)c(F)c2C(F)(F)F)cc1. The van der Waals surface area contributed by atoms with Crippen LogP contribution in [0.15, 0.2) is 36.4 Å². The average Bonchev–Trinajstić information content (AvgIpc) is 2.69. The summed E-state index contributed by atoms with van der Waals surface area (Å²) in [7, 11) is 0. The maximum absolute atomic E-state index is 14.9. The topological polar surface area (TPSA) is 44.8 Å². The molecule has 0 saturated carbocycles. The summed E-state index contributed by atoms with van der Waals surface area (Å²) >= 11 is 0. The quantitative estimate of drug-likeness (QED) is 0.459.